The van der Waals surface area contributed by atoms with Crippen LogP contribution in [-0.4, -0.2) is 75.4 Å². The van der Waals surface area contributed by atoms with Crippen molar-refractivity contribution in [1.82, 2.24) is 10.2 Å². The van der Waals surface area contributed by atoms with E-state index in [4.69, 9.17) is 4.74 Å². The van der Waals surface area contributed by atoms with E-state index in [1.54, 1.807) is 11.8 Å². The van der Waals surface area contributed by atoms with Crippen molar-refractivity contribution in [2.75, 3.05) is 50.0 Å². The molecule has 0 bridgehead atoms. The molecule has 0 radical (unpaired) electrons. The van der Waals surface area contributed by atoms with E-state index in [1.807, 2.05) is 24.3 Å². The van der Waals surface area contributed by atoms with E-state index in [-0.39, 0.29) is 23.5 Å². The molecular formula is C18H26N2O4S2. The Morgan fingerprint density at radius 3 is 2.77 bits per heavy atom. The third kappa shape index (κ3) is 5.70. The van der Waals surface area contributed by atoms with Gasteiger partial charge in [-0.3, -0.25) is 9.69 Å². The van der Waals surface area contributed by atoms with Crippen molar-refractivity contribution in [3.8, 4) is 0 Å². The Balaban J connectivity index is 1.46. The normalized spacial score (nSPS) is 23.0. The van der Waals surface area contributed by atoms with Gasteiger partial charge in [-0.05, 0) is 25.0 Å². The minimum absolute atomic E-state index is 0.0786. The van der Waals surface area contributed by atoms with Crippen LogP contribution in [0.1, 0.15) is 23.2 Å². The molecule has 2 aliphatic rings. The highest BCUT2D eigenvalue weighted by molar-refractivity contribution is 7.99. The summed E-state index contributed by atoms with van der Waals surface area (Å²) in [5.41, 5.74) is 0.691. The first kappa shape index (κ1) is 19.7. The third-order valence-corrected chi connectivity index (χ3v) is 7.55. The lowest BCUT2D eigenvalue weighted by atomic mass is 10.2. The molecule has 1 N–H and O–H groups in total. The number of nitrogens with zero attached hydrogens (tertiary/aromatic N) is 1. The van der Waals surface area contributed by atoms with Gasteiger partial charge in [-0.2, -0.15) is 0 Å². The van der Waals surface area contributed by atoms with Crippen LogP contribution in [0.5, 0.6) is 0 Å². The maximum Gasteiger partial charge on any atom is 0.252 e. The van der Waals surface area contributed by atoms with Gasteiger partial charge >= 0.3 is 0 Å². The largest absolute Gasteiger partial charge is 0.377 e. The third-order valence-electron chi connectivity index (χ3n) is 4.73. The van der Waals surface area contributed by atoms with Crippen molar-refractivity contribution < 1.29 is 17.9 Å². The summed E-state index contributed by atoms with van der Waals surface area (Å²) in [6.45, 7) is 3.12. The number of hydrogen-bond acceptors (Lipinski definition) is 6. The van der Waals surface area contributed by atoms with Crippen LogP contribution < -0.4 is 5.32 Å². The van der Waals surface area contributed by atoms with Crippen LogP contribution in [-0.2, 0) is 14.6 Å². The zero-order valence-corrected chi connectivity index (χ0v) is 16.5. The van der Waals surface area contributed by atoms with Crippen molar-refractivity contribution >= 4 is 27.5 Å². The molecular weight excluding hydrogens is 372 g/mol. The van der Waals surface area contributed by atoms with Gasteiger partial charge < -0.3 is 10.1 Å². The molecule has 0 unspecified atom stereocenters. The number of sulfone groups is 1. The molecule has 26 heavy (non-hydrogen) atoms. The smallest absolute Gasteiger partial charge is 0.252 e. The molecule has 0 spiro atoms. The zero-order chi connectivity index (χ0) is 18.4. The topological polar surface area (TPSA) is 75.7 Å². The lowest BCUT2D eigenvalue weighted by Gasteiger charge is -2.26. The number of nitrogens with one attached hydrogen (secondary N) is 1. The number of benzene rings is 1. The molecule has 2 heterocycles. The summed E-state index contributed by atoms with van der Waals surface area (Å²) in [6.07, 6.45) is 2.49. The van der Waals surface area contributed by atoms with Crippen molar-refractivity contribution in [2.45, 2.75) is 23.8 Å². The van der Waals surface area contributed by atoms with Crippen LogP contribution in [0.25, 0.3) is 0 Å². The van der Waals surface area contributed by atoms with Crippen LogP contribution in [0.15, 0.2) is 29.2 Å². The van der Waals surface area contributed by atoms with Gasteiger partial charge in [0, 0.05) is 43.4 Å². The van der Waals surface area contributed by atoms with E-state index >= 15 is 0 Å². The standard InChI is InChI=1S/C18H26N2O4S2/c21-18(19-7-8-20-9-12-26(22,23)13-10-20)16-5-1-2-6-17(16)25-14-15-4-3-11-24-15/h1-2,5-6,15H,3-4,7-14H2,(H,19,21)/t15-/m1/s1. The van der Waals surface area contributed by atoms with E-state index in [1.165, 1.54) is 0 Å². The zero-order valence-electron chi connectivity index (χ0n) is 14.9. The first-order chi connectivity index (χ1) is 12.5. The SMILES string of the molecule is O=C(NCCN1CCS(=O)(=O)CC1)c1ccccc1SC[C@H]1CCCO1. The quantitative estimate of drug-likeness (QED) is 0.700. The van der Waals surface area contributed by atoms with Crippen LogP contribution in [0.3, 0.4) is 0 Å². The Hall–Kier alpha value is -1.09. The fourth-order valence-corrected chi connectivity index (χ4v) is 5.53. The second-order valence-electron chi connectivity index (χ2n) is 6.69. The van der Waals surface area contributed by atoms with Gasteiger partial charge in [0.2, 0.25) is 0 Å². The van der Waals surface area contributed by atoms with Gasteiger partial charge in [0.15, 0.2) is 9.84 Å². The average molecular weight is 399 g/mol. The lowest BCUT2D eigenvalue weighted by Crippen LogP contribution is -2.43. The van der Waals surface area contributed by atoms with Crippen molar-refractivity contribution in [2.24, 2.45) is 0 Å². The van der Waals surface area contributed by atoms with E-state index < -0.39 is 9.84 Å². The van der Waals surface area contributed by atoms with E-state index in [0.29, 0.717) is 31.7 Å². The highest BCUT2D eigenvalue weighted by Gasteiger charge is 2.21. The molecule has 2 aliphatic heterocycles. The summed E-state index contributed by atoms with van der Waals surface area (Å²) in [7, 11) is -2.86. The summed E-state index contributed by atoms with van der Waals surface area (Å²) in [4.78, 5) is 15.6. The number of rotatable bonds is 7. The monoisotopic (exact) mass is 398 g/mol. The molecule has 1 amide bonds. The summed E-state index contributed by atoms with van der Waals surface area (Å²) in [5, 5.41) is 2.96. The molecule has 0 aliphatic carbocycles. The highest BCUT2D eigenvalue weighted by atomic mass is 32.2. The number of ether oxygens (including phenoxy) is 1. The Morgan fingerprint density at radius 1 is 1.27 bits per heavy atom. The molecule has 0 aromatic heterocycles. The second-order valence-corrected chi connectivity index (χ2v) is 10.1. The molecule has 2 fully saturated rings. The second kappa shape index (κ2) is 9.21. The Kier molecular flexibility index (Phi) is 6.97. The Labute approximate surface area is 159 Å². The van der Waals surface area contributed by atoms with Gasteiger partial charge in [-0.15, -0.1) is 11.8 Å². The number of amides is 1. The Morgan fingerprint density at radius 2 is 2.04 bits per heavy atom. The highest BCUT2D eigenvalue weighted by Crippen LogP contribution is 2.26. The van der Waals surface area contributed by atoms with Gasteiger partial charge in [0.05, 0.1) is 23.2 Å². The minimum atomic E-state index is -2.86. The Bertz CT molecular complexity index is 704. The van der Waals surface area contributed by atoms with Crippen LogP contribution in [0.4, 0.5) is 0 Å². The van der Waals surface area contributed by atoms with Crippen molar-refractivity contribution in [1.29, 1.82) is 0 Å². The number of hydrogen-bond donors (Lipinski definition) is 1. The summed E-state index contributed by atoms with van der Waals surface area (Å²) >= 11 is 1.67. The van der Waals surface area contributed by atoms with Crippen molar-refractivity contribution in [3.63, 3.8) is 0 Å². The van der Waals surface area contributed by atoms with Crippen LogP contribution in [0, 0.1) is 0 Å². The molecule has 3 rings (SSSR count). The van der Waals surface area contributed by atoms with E-state index in [2.05, 4.69) is 10.2 Å². The molecule has 1 aromatic carbocycles. The first-order valence-electron chi connectivity index (χ1n) is 9.08. The summed E-state index contributed by atoms with van der Waals surface area (Å²) in [5.74, 6) is 1.21. The maximum absolute atomic E-state index is 12.5. The minimum Gasteiger partial charge on any atom is -0.377 e. The number of thioether (sulfide) groups is 1. The molecule has 8 heteroatoms. The molecule has 1 aromatic rings. The van der Waals surface area contributed by atoms with Crippen molar-refractivity contribution in [3.05, 3.63) is 29.8 Å². The fraction of sp³-hybridized carbons (Fsp3) is 0.611. The summed E-state index contributed by atoms with van der Waals surface area (Å²) < 4.78 is 28.6. The number of carbonyl (C=O) groups excluding carboxylic acids is 1. The number of carbonyl (C=O) groups is 1. The first-order valence-corrected chi connectivity index (χ1v) is 11.9. The molecule has 144 valence electrons. The lowest BCUT2D eigenvalue weighted by molar-refractivity contribution is 0.0945. The van der Waals surface area contributed by atoms with E-state index in [0.717, 1.165) is 30.1 Å². The summed E-state index contributed by atoms with van der Waals surface area (Å²) in [6, 6.07) is 7.65. The molecule has 2 saturated heterocycles. The predicted molar refractivity (Wildman–Crippen MR) is 104 cm³/mol. The van der Waals surface area contributed by atoms with Crippen LogP contribution in [0.2, 0.25) is 0 Å². The molecule has 1 atom stereocenters. The predicted octanol–water partition coefficient (Wildman–Crippen LogP) is 1.42. The fourth-order valence-electron chi connectivity index (χ4n) is 3.14. The van der Waals surface area contributed by atoms with Gasteiger partial charge in [-0.25, -0.2) is 8.42 Å². The average Bonchev–Trinajstić information content (AvgIpc) is 3.15. The maximum atomic E-state index is 12.5. The van der Waals surface area contributed by atoms with Gasteiger partial charge in [-0.1, -0.05) is 12.1 Å². The van der Waals surface area contributed by atoms with E-state index in [9.17, 15) is 13.2 Å². The molecule has 0 saturated carbocycles. The molecule has 6 nitrogen and oxygen atoms in total. The van der Waals surface area contributed by atoms with Crippen LogP contribution >= 0.6 is 11.8 Å². The van der Waals surface area contributed by atoms with Gasteiger partial charge in [0.1, 0.15) is 0 Å². The van der Waals surface area contributed by atoms with Gasteiger partial charge in [0.25, 0.3) is 5.91 Å².